The van der Waals surface area contributed by atoms with Crippen LogP contribution in [0.1, 0.15) is 31.4 Å². The van der Waals surface area contributed by atoms with Crippen LogP contribution in [-0.2, 0) is 0 Å². The summed E-state index contributed by atoms with van der Waals surface area (Å²) in [6, 6.07) is 0. The van der Waals surface area contributed by atoms with E-state index < -0.39 is 0 Å². The summed E-state index contributed by atoms with van der Waals surface area (Å²) in [5, 5.41) is 0. The molecule has 1 spiro atoms. The van der Waals surface area contributed by atoms with Crippen LogP contribution in [0.4, 0.5) is 5.82 Å². The predicted molar refractivity (Wildman–Crippen MR) is 71.9 cm³/mol. The fourth-order valence-corrected chi connectivity index (χ4v) is 4.30. The molecule has 4 rings (SSSR count). The number of fused-ring (bicyclic) bond motifs is 3. The molecule has 2 unspecified atom stereocenters. The Bertz CT molecular complexity index is 557. The molecular formula is C15H20N4. The van der Waals surface area contributed by atoms with Gasteiger partial charge in [0.2, 0.25) is 5.82 Å². The van der Waals surface area contributed by atoms with Gasteiger partial charge in [0.25, 0.3) is 0 Å². The molecule has 1 aromatic heterocycles. The van der Waals surface area contributed by atoms with Gasteiger partial charge in [-0.15, -0.1) is 7.05 Å². The predicted octanol–water partition coefficient (Wildman–Crippen LogP) is -0.240. The minimum atomic E-state index is 0.287. The van der Waals surface area contributed by atoms with E-state index in [1.54, 1.807) is 6.20 Å². The van der Waals surface area contributed by atoms with Crippen molar-refractivity contribution in [3.8, 4) is 0 Å². The monoisotopic (exact) mass is 256 g/mol. The first-order chi connectivity index (χ1) is 9.21. The van der Waals surface area contributed by atoms with Crippen molar-refractivity contribution in [1.82, 2.24) is 9.97 Å². The van der Waals surface area contributed by atoms with Gasteiger partial charge in [-0.3, -0.25) is 0 Å². The minimum Gasteiger partial charge on any atom is -0.459 e. The van der Waals surface area contributed by atoms with Crippen LogP contribution in [0, 0.1) is 19.5 Å². The third-order valence-corrected chi connectivity index (χ3v) is 4.99. The van der Waals surface area contributed by atoms with Gasteiger partial charge in [-0.25, -0.2) is 9.97 Å². The van der Waals surface area contributed by atoms with Gasteiger partial charge in [-0.2, -0.15) is 7.05 Å². The van der Waals surface area contributed by atoms with Gasteiger partial charge in [0.05, 0.1) is 23.7 Å². The third kappa shape index (κ3) is 1.47. The molecule has 2 atom stereocenters. The molecule has 2 aliphatic heterocycles. The van der Waals surface area contributed by atoms with Crippen LogP contribution in [0.25, 0.3) is 5.57 Å². The van der Waals surface area contributed by atoms with Crippen molar-refractivity contribution >= 4 is 11.4 Å². The summed E-state index contributed by atoms with van der Waals surface area (Å²) in [4.78, 5) is 11.6. The molecule has 1 aliphatic carbocycles. The quantitative estimate of drug-likeness (QED) is 0.628. The van der Waals surface area contributed by atoms with Gasteiger partial charge in [0.15, 0.2) is 5.69 Å². The highest BCUT2D eigenvalue weighted by Gasteiger charge is 2.51. The molecule has 0 amide bonds. The summed E-state index contributed by atoms with van der Waals surface area (Å²) in [5.74, 6) is 1.01. The molecule has 1 aromatic rings. The molecule has 4 nitrogen and oxygen atoms in total. The smallest absolute Gasteiger partial charge is 0.231 e. The number of rotatable bonds is 0. The maximum absolute atomic E-state index is 4.63. The molecule has 0 saturated heterocycles. The molecule has 0 radical (unpaired) electrons. The first-order valence-electron chi connectivity index (χ1n) is 7.13. The summed E-state index contributed by atoms with van der Waals surface area (Å²) < 4.78 is 0. The van der Waals surface area contributed by atoms with E-state index in [4.69, 9.17) is 0 Å². The van der Waals surface area contributed by atoms with E-state index in [1.165, 1.54) is 41.9 Å². The lowest BCUT2D eigenvalue weighted by Gasteiger charge is -2.40. The Balaban J connectivity index is 1.93. The Morgan fingerprint density at radius 1 is 1.11 bits per heavy atom. The topological polar surface area (TPSA) is 34.7 Å². The average molecular weight is 256 g/mol. The lowest BCUT2D eigenvalue weighted by atomic mass is 9.74. The summed E-state index contributed by atoms with van der Waals surface area (Å²) in [5.41, 5.74) is 4.23. The van der Waals surface area contributed by atoms with Gasteiger partial charge in [0, 0.05) is 6.20 Å². The van der Waals surface area contributed by atoms with Crippen LogP contribution < -0.4 is 9.80 Å². The molecule has 3 aliphatic rings. The molecule has 100 valence electrons. The molecule has 1 saturated carbocycles. The van der Waals surface area contributed by atoms with Crippen LogP contribution in [0.5, 0.6) is 0 Å². The zero-order chi connectivity index (χ0) is 13.0. The summed E-state index contributed by atoms with van der Waals surface area (Å²) in [6.45, 7) is 2.10. The van der Waals surface area contributed by atoms with Crippen molar-refractivity contribution in [2.45, 2.75) is 25.7 Å². The average Bonchev–Trinajstić information content (AvgIpc) is 2.96. The zero-order valence-electron chi connectivity index (χ0n) is 11.2. The number of hydrogen-bond donors (Lipinski definition) is 2. The highest BCUT2D eigenvalue weighted by Crippen LogP contribution is 2.50. The van der Waals surface area contributed by atoms with Gasteiger partial charge < -0.3 is 9.80 Å². The number of nitrogens with zero attached hydrogens (tertiary/aromatic N) is 2. The van der Waals surface area contributed by atoms with Crippen molar-refractivity contribution in [3.63, 3.8) is 0 Å². The molecule has 1 fully saturated rings. The van der Waals surface area contributed by atoms with Crippen molar-refractivity contribution < 1.29 is 9.80 Å². The van der Waals surface area contributed by atoms with E-state index in [-0.39, 0.29) is 5.41 Å². The van der Waals surface area contributed by atoms with E-state index in [2.05, 4.69) is 24.1 Å². The van der Waals surface area contributed by atoms with Crippen molar-refractivity contribution in [3.05, 3.63) is 37.9 Å². The molecule has 0 bridgehead atoms. The number of hydrogen-bond acceptors (Lipinski definition) is 2. The fourth-order valence-electron chi connectivity index (χ4n) is 4.30. The first kappa shape index (κ1) is 11.6. The molecular weight excluding hydrogens is 236 g/mol. The maximum atomic E-state index is 4.63. The van der Waals surface area contributed by atoms with Crippen molar-refractivity contribution in [2.75, 3.05) is 13.1 Å². The molecule has 2 N–H and O–H groups in total. The van der Waals surface area contributed by atoms with E-state index in [9.17, 15) is 0 Å². The summed E-state index contributed by atoms with van der Waals surface area (Å²) in [7, 11) is 8.54. The van der Waals surface area contributed by atoms with Crippen molar-refractivity contribution in [1.29, 1.82) is 0 Å². The summed E-state index contributed by atoms with van der Waals surface area (Å²) in [6.07, 6.45) is 8.79. The van der Waals surface area contributed by atoms with E-state index >= 15 is 0 Å². The van der Waals surface area contributed by atoms with Gasteiger partial charge in [-0.05, 0) is 12.8 Å². The number of aromatic nitrogens is 2. The molecule has 19 heavy (non-hydrogen) atoms. The Labute approximate surface area is 114 Å². The van der Waals surface area contributed by atoms with Crippen LogP contribution >= 0.6 is 0 Å². The summed E-state index contributed by atoms with van der Waals surface area (Å²) >= 11 is 0. The zero-order valence-corrected chi connectivity index (χ0v) is 11.2. The number of quaternary nitrogens is 2. The van der Waals surface area contributed by atoms with Crippen LogP contribution in [0.2, 0.25) is 0 Å². The van der Waals surface area contributed by atoms with E-state index in [1.807, 2.05) is 6.20 Å². The molecule has 0 aromatic carbocycles. The molecule has 4 heteroatoms. The second-order valence-electron chi connectivity index (χ2n) is 6.18. The van der Waals surface area contributed by atoms with Crippen molar-refractivity contribution in [2.24, 2.45) is 5.41 Å². The van der Waals surface area contributed by atoms with Gasteiger partial charge in [-0.1, -0.05) is 12.8 Å². The largest absolute Gasteiger partial charge is 0.459 e. The van der Waals surface area contributed by atoms with Crippen LogP contribution in [0.3, 0.4) is 0 Å². The second-order valence-corrected chi connectivity index (χ2v) is 6.18. The third-order valence-electron chi connectivity index (χ3n) is 4.99. The Kier molecular flexibility index (Phi) is 2.35. The van der Waals surface area contributed by atoms with E-state index in [0.29, 0.717) is 0 Å². The lowest BCUT2D eigenvalue weighted by molar-refractivity contribution is -0.879. The first-order valence-corrected chi connectivity index (χ1v) is 7.13. The Hall–Kier alpha value is -1.26. The maximum Gasteiger partial charge on any atom is 0.231 e. The Morgan fingerprint density at radius 3 is 2.63 bits per heavy atom. The number of nitrogens with one attached hydrogen (secondary N) is 2. The minimum absolute atomic E-state index is 0.287. The highest BCUT2D eigenvalue weighted by molar-refractivity contribution is 5.78. The van der Waals surface area contributed by atoms with Crippen LogP contribution in [0.15, 0.2) is 18.1 Å². The highest BCUT2D eigenvalue weighted by atomic mass is 15.3. The molecule has 3 heterocycles. The van der Waals surface area contributed by atoms with Crippen LogP contribution in [-0.4, -0.2) is 23.1 Å². The normalized spacial score (nSPS) is 31.7. The SMILES string of the molecule is [CH2-][NH+]1CC2=C(c3nccnc3[NH+]2[CH2-])C2(CCCC2)C1. The standard InChI is InChI=1S/C15H20N4/c1-18-9-11-12(15(10-18)5-3-4-6-15)13-14(19(11)2)17-8-7-16-13/h7-8,18-19H,1-6,9-10H2. The lowest BCUT2D eigenvalue weighted by Crippen LogP contribution is -3.14. The van der Waals surface area contributed by atoms with E-state index in [0.717, 1.165) is 29.5 Å². The van der Waals surface area contributed by atoms with Gasteiger partial charge in [0.1, 0.15) is 12.2 Å². The second kappa shape index (κ2) is 3.87. The Morgan fingerprint density at radius 2 is 1.84 bits per heavy atom. The van der Waals surface area contributed by atoms with Gasteiger partial charge >= 0.3 is 0 Å². The fraction of sp³-hybridized carbons (Fsp3) is 0.467.